The highest BCUT2D eigenvalue weighted by Gasteiger charge is 2.48. The van der Waals surface area contributed by atoms with Gasteiger partial charge in [-0.05, 0) is 83.2 Å². The van der Waals surface area contributed by atoms with E-state index in [2.05, 4.69) is 244 Å². The van der Waals surface area contributed by atoms with Crippen molar-refractivity contribution in [3.8, 4) is 0 Å². The van der Waals surface area contributed by atoms with Gasteiger partial charge in [0.25, 0.3) is 0 Å². The summed E-state index contributed by atoms with van der Waals surface area (Å²) >= 11 is 1.39. The molecule has 8 rings (SSSR count). The first-order valence-electron chi connectivity index (χ1n) is 20.6. The van der Waals surface area contributed by atoms with Crippen LogP contribution in [-0.4, -0.2) is 39.1 Å². The van der Waals surface area contributed by atoms with Crippen LogP contribution in [0.1, 0.15) is 0 Å². The molecule has 0 saturated heterocycles. The van der Waals surface area contributed by atoms with Gasteiger partial charge in [0.15, 0.2) is 0 Å². The Morgan fingerprint density at radius 1 is 0.305 bits per heavy atom. The number of hydrogen-bond acceptors (Lipinski definition) is 5. The molecule has 0 bridgehead atoms. The first kappa shape index (κ1) is 40.6. The molecule has 1 heterocycles. The van der Waals surface area contributed by atoms with Crippen molar-refractivity contribution < 1.29 is 0 Å². The minimum absolute atomic E-state index is 1.16. The standard InChI is InChI=1S/C50H54N4SSi4/c1-56(2,45-33-29-43(30-34-45)53(39-21-13-9-14-22-39)40-23-15-10-16-24-40)58(5,6)47-37-38-48(50-49(47)51-55-52-50)59(7,8)57(3,4)46-35-31-44(32-36-46)54(41-25-17-11-18-26-41)42-27-19-12-20-28-42/h9-38H,1-8H3. The van der Waals surface area contributed by atoms with Crippen LogP contribution in [0.4, 0.5) is 34.1 Å². The zero-order chi connectivity index (χ0) is 41.4. The predicted molar refractivity (Wildman–Crippen MR) is 268 cm³/mol. The zero-order valence-electron chi connectivity index (χ0n) is 35.5. The van der Waals surface area contributed by atoms with Gasteiger partial charge in [0, 0.05) is 34.1 Å². The monoisotopic (exact) mass is 854 g/mol. The van der Waals surface area contributed by atoms with Gasteiger partial charge in [0.1, 0.15) is 11.0 Å². The van der Waals surface area contributed by atoms with Crippen molar-refractivity contribution in [2.45, 2.75) is 52.4 Å². The molecule has 0 aliphatic heterocycles. The van der Waals surface area contributed by atoms with E-state index in [4.69, 9.17) is 8.75 Å². The smallest absolute Gasteiger partial charge is 0.103 e. The topological polar surface area (TPSA) is 32.3 Å². The van der Waals surface area contributed by atoms with Crippen molar-refractivity contribution in [3.63, 3.8) is 0 Å². The number of fused-ring (bicyclic) bond motifs is 1. The van der Waals surface area contributed by atoms with Crippen molar-refractivity contribution in [3.05, 3.63) is 182 Å². The number of anilines is 6. The van der Waals surface area contributed by atoms with Crippen LogP contribution in [0.25, 0.3) is 11.0 Å². The van der Waals surface area contributed by atoms with E-state index >= 15 is 0 Å². The molecule has 0 amide bonds. The summed E-state index contributed by atoms with van der Waals surface area (Å²) in [7, 11) is -8.12. The third kappa shape index (κ3) is 7.40. The molecule has 59 heavy (non-hydrogen) atoms. The fourth-order valence-electron chi connectivity index (χ4n) is 8.53. The Kier molecular flexibility index (Phi) is 11.1. The van der Waals surface area contributed by atoms with Gasteiger partial charge in [-0.25, -0.2) is 0 Å². The van der Waals surface area contributed by atoms with Gasteiger partial charge >= 0.3 is 0 Å². The molecule has 4 nitrogen and oxygen atoms in total. The highest BCUT2D eigenvalue weighted by Crippen LogP contribution is 2.36. The molecule has 7 aromatic carbocycles. The molecule has 8 aromatic rings. The van der Waals surface area contributed by atoms with Gasteiger partial charge in [0.05, 0.1) is 42.1 Å². The Labute approximate surface area is 358 Å². The molecule has 0 N–H and O–H groups in total. The molecule has 9 heteroatoms. The van der Waals surface area contributed by atoms with Gasteiger partial charge in [0.2, 0.25) is 0 Å². The van der Waals surface area contributed by atoms with Crippen LogP contribution in [0.2, 0.25) is 52.4 Å². The van der Waals surface area contributed by atoms with Gasteiger partial charge < -0.3 is 9.80 Å². The maximum Gasteiger partial charge on any atom is 0.103 e. The first-order valence-corrected chi connectivity index (χ1v) is 35.3. The van der Waals surface area contributed by atoms with Crippen molar-refractivity contribution >= 4 is 108 Å². The Morgan fingerprint density at radius 3 is 0.831 bits per heavy atom. The average Bonchev–Trinajstić information content (AvgIpc) is 3.75. The molecule has 0 atom stereocenters. The lowest BCUT2D eigenvalue weighted by Gasteiger charge is -2.41. The fraction of sp³-hybridized carbons (Fsp3) is 0.160. The molecule has 1 aromatic heterocycles. The van der Waals surface area contributed by atoms with Crippen molar-refractivity contribution in [2.75, 3.05) is 9.80 Å². The lowest BCUT2D eigenvalue weighted by molar-refractivity contribution is 1.28. The maximum atomic E-state index is 5.13. The molecule has 0 unspecified atom stereocenters. The molecular weight excluding hydrogens is 801 g/mol. The van der Waals surface area contributed by atoms with E-state index in [9.17, 15) is 0 Å². The lowest BCUT2D eigenvalue weighted by Crippen LogP contribution is -2.70. The number of benzene rings is 7. The quantitative estimate of drug-likeness (QED) is 0.115. The summed E-state index contributed by atoms with van der Waals surface area (Å²) in [6, 6.07) is 66.6. The number of para-hydroxylation sites is 4. The summed E-state index contributed by atoms with van der Waals surface area (Å²) in [6.45, 7) is 20.6. The molecular formula is C50H54N4SSi4. The highest BCUT2D eigenvalue weighted by atomic mass is 32.1. The second-order valence-electron chi connectivity index (χ2n) is 17.7. The van der Waals surface area contributed by atoms with Gasteiger partial charge in [-0.3, -0.25) is 0 Å². The van der Waals surface area contributed by atoms with Gasteiger partial charge in [-0.1, -0.05) is 172 Å². The molecule has 0 fully saturated rings. The summed E-state index contributed by atoms with van der Waals surface area (Å²) in [5, 5.41) is 5.89. The van der Waals surface area contributed by atoms with E-state index in [0.717, 1.165) is 33.8 Å². The maximum absolute atomic E-state index is 5.13. The summed E-state index contributed by atoms with van der Waals surface area (Å²) in [5.41, 5.74) is 9.28. The van der Waals surface area contributed by atoms with E-state index in [0.29, 0.717) is 0 Å². The summed E-state index contributed by atoms with van der Waals surface area (Å²) in [4.78, 5) is 4.69. The normalized spacial score (nSPS) is 12.4. The molecule has 0 saturated carbocycles. The lowest BCUT2D eigenvalue weighted by atomic mass is 10.2. The van der Waals surface area contributed by atoms with Crippen LogP contribution >= 0.6 is 11.7 Å². The van der Waals surface area contributed by atoms with E-state index in [1.165, 1.54) is 43.8 Å². The third-order valence-corrected chi connectivity index (χ3v) is 49.6. The first-order chi connectivity index (χ1) is 28.3. The second kappa shape index (κ2) is 16.1. The van der Waals surface area contributed by atoms with E-state index < -0.39 is 30.4 Å². The van der Waals surface area contributed by atoms with E-state index in [1.807, 2.05) is 0 Å². The van der Waals surface area contributed by atoms with Crippen LogP contribution in [-0.2, 0) is 0 Å². The third-order valence-electron chi connectivity index (χ3n) is 13.6. The Morgan fingerprint density at radius 2 is 0.559 bits per heavy atom. The minimum Gasteiger partial charge on any atom is -0.311 e. The van der Waals surface area contributed by atoms with Crippen LogP contribution in [0, 0.1) is 0 Å². The number of hydrogen-bond donors (Lipinski definition) is 0. The van der Waals surface area contributed by atoms with Gasteiger partial charge in [-0.15, -0.1) is 0 Å². The minimum atomic E-state index is -2.06. The molecule has 0 spiro atoms. The zero-order valence-corrected chi connectivity index (χ0v) is 40.3. The average molecular weight is 855 g/mol. The molecule has 0 aliphatic carbocycles. The Bertz CT molecular complexity index is 2390. The van der Waals surface area contributed by atoms with Crippen molar-refractivity contribution in [1.82, 2.24) is 8.75 Å². The predicted octanol–water partition coefficient (Wildman–Crippen LogP) is 11.8. The van der Waals surface area contributed by atoms with E-state index in [-0.39, 0.29) is 0 Å². The molecule has 296 valence electrons. The van der Waals surface area contributed by atoms with Crippen molar-refractivity contribution in [1.29, 1.82) is 0 Å². The van der Waals surface area contributed by atoms with Crippen LogP contribution in [0.5, 0.6) is 0 Å². The molecule has 0 aliphatic rings. The van der Waals surface area contributed by atoms with Crippen molar-refractivity contribution in [2.24, 2.45) is 0 Å². The number of aromatic nitrogens is 2. The summed E-state index contributed by atoms with van der Waals surface area (Å²) < 4.78 is 10.3. The van der Waals surface area contributed by atoms with Crippen LogP contribution in [0.3, 0.4) is 0 Å². The Balaban J connectivity index is 1.10. The van der Waals surface area contributed by atoms with E-state index in [1.54, 1.807) is 0 Å². The Hall–Kier alpha value is -5.17. The molecule has 0 radical (unpaired) electrons. The van der Waals surface area contributed by atoms with Crippen LogP contribution in [0.15, 0.2) is 182 Å². The SMILES string of the molecule is C[Si](C)(c1ccc(N(c2ccccc2)c2ccccc2)cc1)[Si](C)(C)c1ccc([Si](C)(C)[Si](C)(C)c2ccc(N(c3ccccc3)c3ccccc3)cc2)c2nsnc12. The second-order valence-corrected chi connectivity index (χ2v) is 48.5. The highest BCUT2D eigenvalue weighted by molar-refractivity contribution is 7.51. The summed E-state index contributed by atoms with van der Waals surface area (Å²) in [6.07, 6.45) is 0. The summed E-state index contributed by atoms with van der Waals surface area (Å²) in [5.74, 6) is 0. The largest absolute Gasteiger partial charge is 0.311 e. The number of rotatable bonds is 12. The van der Waals surface area contributed by atoms with Crippen LogP contribution < -0.4 is 30.5 Å². The fourth-order valence-corrected chi connectivity index (χ4v) is 27.2. The number of nitrogens with zero attached hydrogens (tertiary/aromatic N) is 4. The van der Waals surface area contributed by atoms with Gasteiger partial charge in [-0.2, -0.15) is 8.75 Å².